The highest BCUT2D eigenvalue weighted by molar-refractivity contribution is 6.05. The first-order valence-electron chi connectivity index (χ1n) is 9.55. The predicted molar refractivity (Wildman–Crippen MR) is 112 cm³/mol. The van der Waals surface area contributed by atoms with Crippen molar-refractivity contribution in [2.75, 3.05) is 18.4 Å². The molecule has 11 heteroatoms. The first kappa shape index (κ1) is 21.6. The van der Waals surface area contributed by atoms with Gasteiger partial charge in [-0.25, -0.2) is 4.98 Å². The van der Waals surface area contributed by atoms with Crippen LogP contribution in [0.3, 0.4) is 0 Å². The van der Waals surface area contributed by atoms with E-state index in [1.165, 1.54) is 24.5 Å². The van der Waals surface area contributed by atoms with Crippen LogP contribution in [0, 0.1) is 0 Å². The Morgan fingerprint density at radius 3 is 2.55 bits per heavy atom. The Kier molecular flexibility index (Phi) is 6.34. The summed E-state index contributed by atoms with van der Waals surface area (Å²) in [6.45, 7) is 4.27. The van der Waals surface area contributed by atoms with Gasteiger partial charge in [-0.15, -0.1) is 5.10 Å². The summed E-state index contributed by atoms with van der Waals surface area (Å²) < 4.78 is 1.10. The van der Waals surface area contributed by atoms with Crippen LogP contribution in [-0.2, 0) is 11.3 Å². The molecular formula is C20H21N7O4. The molecule has 3 N–H and O–H groups in total. The predicted octanol–water partition coefficient (Wildman–Crippen LogP) is 0.406. The third-order valence-corrected chi connectivity index (χ3v) is 4.68. The number of likely N-dealkylation sites (N-methyl/N-ethyl adjacent to an activating group) is 1. The molecule has 3 aromatic heterocycles. The van der Waals surface area contributed by atoms with Gasteiger partial charge in [0, 0.05) is 30.9 Å². The number of nitrogens with two attached hydrogens (primary N) is 1. The van der Waals surface area contributed by atoms with Gasteiger partial charge in [-0.05, 0) is 38.1 Å². The molecule has 160 valence electrons. The van der Waals surface area contributed by atoms with Crippen molar-refractivity contribution in [3.8, 4) is 0 Å². The number of carbonyl (C=O) groups is 3. The first-order valence-corrected chi connectivity index (χ1v) is 9.55. The molecule has 3 rings (SSSR count). The molecule has 0 saturated carbocycles. The van der Waals surface area contributed by atoms with E-state index in [2.05, 4.69) is 20.5 Å². The minimum absolute atomic E-state index is 0.159. The molecule has 0 atom stereocenters. The number of hydrogen-bond acceptors (Lipinski definition) is 7. The smallest absolute Gasteiger partial charge is 0.265 e. The van der Waals surface area contributed by atoms with Crippen molar-refractivity contribution in [1.29, 1.82) is 0 Å². The Morgan fingerprint density at radius 1 is 1.19 bits per heavy atom. The zero-order valence-corrected chi connectivity index (χ0v) is 17.0. The summed E-state index contributed by atoms with van der Waals surface area (Å²) in [7, 11) is 0. The zero-order chi connectivity index (χ0) is 22.5. The number of fused-ring (bicyclic) bond motifs is 1. The van der Waals surface area contributed by atoms with Gasteiger partial charge >= 0.3 is 0 Å². The van der Waals surface area contributed by atoms with Gasteiger partial charge in [0.25, 0.3) is 17.4 Å². The Hall–Kier alpha value is -4.15. The second-order valence-electron chi connectivity index (χ2n) is 6.58. The SMILES string of the molecule is CCN(CC)C(=O)Cn1c(=O)c(C(N)=O)cc2cc(C(=O)Nc3cccnn3)cnc21. The molecule has 0 aliphatic rings. The van der Waals surface area contributed by atoms with E-state index >= 15 is 0 Å². The normalized spacial score (nSPS) is 10.6. The van der Waals surface area contributed by atoms with Gasteiger partial charge in [0.1, 0.15) is 17.8 Å². The summed E-state index contributed by atoms with van der Waals surface area (Å²) in [5, 5.41) is 10.4. The second kappa shape index (κ2) is 9.11. The van der Waals surface area contributed by atoms with Crippen molar-refractivity contribution in [3.05, 3.63) is 58.1 Å². The van der Waals surface area contributed by atoms with Gasteiger partial charge in [0.15, 0.2) is 5.82 Å². The van der Waals surface area contributed by atoms with E-state index in [4.69, 9.17) is 5.73 Å². The van der Waals surface area contributed by atoms with E-state index in [1.54, 1.807) is 17.0 Å². The monoisotopic (exact) mass is 423 g/mol. The lowest BCUT2D eigenvalue weighted by molar-refractivity contribution is -0.131. The Bertz CT molecular complexity index is 1200. The third kappa shape index (κ3) is 4.55. The van der Waals surface area contributed by atoms with E-state index in [0.717, 1.165) is 4.57 Å². The molecular weight excluding hydrogens is 402 g/mol. The third-order valence-electron chi connectivity index (χ3n) is 4.68. The van der Waals surface area contributed by atoms with Crippen LogP contribution in [0.15, 0.2) is 41.5 Å². The molecule has 0 fully saturated rings. The number of pyridine rings is 2. The number of nitrogens with zero attached hydrogens (tertiary/aromatic N) is 5. The lowest BCUT2D eigenvalue weighted by atomic mass is 10.1. The molecule has 0 aliphatic heterocycles. The van der Waals surface area contributed by atoms with Gasteiger partial charge in [-0.3, -0.25) is 23.7 Å². The summed E-state index contributed by atoms with van der Waals surface area (Å²) in [6.07, 6.45) is 2.74. The molecule has 0 spiro atoms. The minimum Gasteiger partial charge on any atom is -0.365 e. The van der Waals surface area contributed by atoms with Gasteiger partial charge < -0.3 is 16.0 Å². The molecule has 3 aromatic rings. The lowest BCUT2D eigenvalue weighted by Gasteiger charge is -2.20. The van der Waals surface area contributed by atoms with Gasteiger partial charge in [-0.1, -0.05) is 0 Å². The average molecular weight is 423 g/mol. The molecule has 3 amide bonds. The molecule has 0 bridgehead atoms. The quantitative estimate of drug-likeness (QED) is 0.558. The minimum atomic E-state index is -0.939. The number of anilines is 1. The van der Waals surface area contributed by atoms with E-state index in [1.807, 2.05) is 13.8 Å². The number of nitrogens with one attached hydrogen (secondary N) is 1. The highest BCUT2D eigenvalue weighted by Gasteiger charge is 2.19. The van der Waals surface area contributed by atoms with Crippen LogP contribution in [0.5, 0.6) is 0 Å². The van der Waals surface area contributed by atoms with E-state index < -0.39 is 17.4 Å². The van der Waals surface area contributed by atoms with E-state index in [0.29, 0.717) is 18.5 Å². The van der Waals surface area contributed by atoms with Crippen molar-refractivity contribution >= 4 is 34.6 Å². The standard InChI is InChI=1S/C20H21N7O4/c1-3-26(4-2)16(28)11-27-18-12(9-14(17(21)29)20(27)31)8-13(10-22-18)19(30)24-15-6-5-7-23-25-15/h5-10H,3-4,11H2,1-2H3,(H2,21,29)(H,24,25,30). The van der Waals surface area contributed by atoms with Crippen LogP contribution in [0.25, 0.3) is 11.0 Å². The van der Waals surface area contributed by atoms with Crippen molar-refractivity contribution in [1.82, 2.24) is 24.6 Å². The molecule has 0 aromatic carbocycles. The Labute approximate surface area is 176 Å². The van der Waals surface area contributed by atoms with Crippen LogP contribution in [0.4, 0.5) is 5.82 Å². The van der Waals surface area contributed by atoms with Crippen molar-refractivity contribution in [2.45, 2.75) is 20.4 Å². The van der Waals surface area contributed by atoms with Crippen molar-refractivity contribution in [2.24, 2.45) is 5.73 Å². The van der Waals surface area contributed by atoms with E-state index in [-0.39, 0.29) is 35.0 Å². The number of carbonyl (C=O) groups excluding carboxylic acids is 3. The molecule has 0 saturated heterocycles. The molecule has 0 radical (unpaired) electrons. The number of rotatable bonds is 7. The van der Waals surface area contributed by atoms with Crippen molar-refractivity contribution in [3.63, 3.8) is 0 Å². The van der Waals surface area contributed by atoms with Crippen LogP contribution in [-0.4, -0.2) is 55.5 Å². The van der Waals surface area contributed by atoms with Gasteiger partial charge in [0.2, 0.25) is 5.91 Å². The largest absolute Gasteiger partial charge is 0.365 e. The highest BCUT2D eigenvalue weighted by atomic mass is 16.2. The summed E-state index contributed by atoms with van der Waals surface area (Å²) in [4.78, 5) is 55.5. The van der Waals surface area contributed by atoms with Crippen LogP contribution in [0.2, 0.25) is 0 Å². The summed E-state index contributed by atoms with van der Waals surface area (Å²) >= 11 is 0. The van der Waals surface area contributed by atoms with Gasteiger partial charge in [-0.2, -0.15) is 5.10 Å². The fourth-order valence-electron chi connectivity index (χ4n) is 3.08. The van der Waals surface area contributed by atoms with Gasteiger partial charge in [0.05, 0.1) is 5.56 Å². The number of amides is 3. The second-order valence-corrected chi connectivity index (χ2v) is 6.58. The number of primary amides is 1. The van der Waals surface area contributed by atoms with Crippen LogP contribution in [0.1, 0.15) is 34.6 Å². The zero-order valence-electron chi connectivity index (χ0n) is 17.0. The molecule has 0 aliphatic carbocycles. The van der Waals surface area contributed by atoms with Crippen LogP contribution >= 0.6 is 0 Å². The lowest BCUT2D eigenvalue weighted by Crippen LogP contribution is -2.38. The summed E-state index contributed by atoms with van der Waals surface area (Å²) in [6, 6.07) is 5.91. The number of hydrogen-bond donors (Lipinski definition) is 2. The number of aromatic nitrogens is 4. The maximum atomic E-state index is 12.8. The molecule has 0 unspecified atom stereocenters. The summed E-state index contributed by atoms with van der Waals surface area (Å²) in [5.74, 6) is -1.50. The topological polar surface area (TPSA) is 153 Å². The molecule has 31 heavy (non-hydrogen) atoms. The molecule has 3 heterocycles. The maximum Gasteiger partial charge on any atom is 0.265 e. The molecule has 11 nitrogen and oxygen atoms in total. The average Bonchev–Trinajstić information content (AvgIpc) is 2.76. The van der Waals surface area contributed by atoms with E-state index in [9.17, 15) is 19.2 Å². The fourth-order valence-corrected chi connectivity index (χ4v) is 3.08. The Balaban J connectivity index is 2.06. The maximum absolute atomic E-state index is 12.8. The fraction of sp³-hybridized carbons (Fsp3) is 0.250. The Morgan fingerprint density at radius 2 is 1.94 bits per heavy atom. The first-order chi connectivity index (χ1) is 14.8. The van der Waals surface area contributed by atoms with Crippen molar-refractivity contribution < 1.29 is 14.4 Å². The highest BCUT2D eigenvalue weighted by Crippen LogP contribution is 2.15. The van der Waals surface area contributed by atoms with Crippen LogP contribution < -0.4 is 16.6 Å². The summed E-state index contributed by atoms with van der Waals surface area (Å²) in [5.41, 5.74) is 4.66.